The zero-order valence-electron chi connectivity index (χ0n) is 10.3. The van der Waals surface area contributed by atoms with Crippen molar-refractivity contribution in [2.75, 3.05) is 6.54 Å². The lowest BCUT2D eigenvalue weighted by molar-refractivity contribution is 0.0952. The fraction of sp³-hybridized carbons (Fsp3) is 0.231. The lowest BCUT2D eigenvalue weighted by atomic mass is 10.2. The molecule has 0 bridgehead atoms. The minimum atomic E-state index is -0.00867. The predicted octanol–water partition coefficient (Wildman–Crippen LogP) is 2.73. The number of carbonyl (C=O) groups excluding carboxylic acids is 1. The van der Waals surface area contributed by atoms with Crippen LogP contribution in [0.3, 0.4) is 0 Å². The van der Waals surface area contributed by atoms with Gasteiger partial charge in [0.2, 0.25) is 0 Å². The summed E-state index contributed by atoms with van der Waals surface area (Å²) in [5.74, 6) is -0.00867. The van der Waals surface area contributed by atoms with Crippen LogP contribution in [0.15, 0.2) is 43.0 Å². The van der Waals surface area contributed by atoms with E-state index in [0.29, 0.717) is 6.54 Å². The van der Waals surface area contributed by atoms with Gasteiger partial charge in [0.1, 0.15) is 0 Å². The molecule has 2 rings (SSSR count). The number of hydrogen-bond donors (Lipinski definition) is 1. The molecule has 2 aromatic rings. The molecule has 0 fully saturated rings. The summed E-state index contributed by atoms with van der Waals surface area (Å²) in [5, 5.41) is 2.92. The predicted molar refractivity (Wildman–Crippen MR) is 85.6 cm³/mol. The number of rotatable bonds is 5. The molecule has 1 heterocycles. The second-order valence-corrected chi connectivity index (χ2v) is 5.05. The number of nitrogens with zero attached hydrogens (tertiary/aromatic N) is 2. The van der Waals surface area contributed by atoms with E-state index in [-0.39, 0.29) is 18.3 Å². The van der Waals surface area contributed by atoms with Crippen molar-refractivity contribution >= 4 is 40.9 Å². The smallest absolute Gasteiger partial charge is 0.252 e. The third kappa shape index (κ3) is 4.83. The maximum absolute atomic E-state index is 11.9. The average Bonchev–Trinajstić information content (AvgIpc) is 2.88. The van der Waals surface area contributed by atoms with Crippen molar-refractivity contribution in [2.24, 2.45) is 0 Å². The van der Waals surface area contributed by atoms with Gasteiger partial charge in [-0.05, 0) is 41.1 Å². The van der Waals surface area contributed by atoms with Crippen molar-refractivity contribution in [1.82, 2.24) is 14.9 Å². The number of hydrogen-bond acceptors (Lipinski definition) is 2. The zero-order chi connectivity index (χ0) is 12.8. The molecule has 6 heteroatoms. The Balaban J connectivity index is 0.00000180. The molecule has 0 spiro atoms. The van der Waals surface area contributed by atoms with Crippen molar-refractivity contribution < 1.29 is 4.79 Å². The third-order valence-corrected chi connectivity index (χ3v) is 3.50. The lowest BCUT2D eigenvalue weighted by Gasteiger charge is -2.07. The molecule has 0 saturated heterocycles. The van der Waals surface area contributed by atoms with Crippen molar-refractivity contribution in [2.45, 2.75) is 13.0 Å². The Labute approximate surface area is 132 Å². The first-order valence-corrected chi connectivity index (χ1v) is 6.84. The van der Waals surface area contributed by atoms with Gasteiger partial charge >= 0.3 is 0 Å². The second-order valence-electron chi connectivity index (χ2n) is 3.89. The molecule has 0 aliphatic heterocycles. The van der Waals surface area contributed by atoms with Crippen LogP contribution in [0, 0.1) is 3.57 Å². The van der Waals surface area contributed by atoms with Crippen molar-refractivity contribution in [3.8, 4) is 0 Å². The van der Waals surface area contributed by atoms with Gasteiger partial charge in [-0.1, -0.05) is 12.1 Å². The first kappa shape index (κ1) is 16.0. The van der Waals surface area contributed by atoms with Gasteiger partial charge in [0.05, 0.1) is 11.9 Å². The minimum absolute atomic E-state index is 0. The monoisotopic (exact) mass is 391 g/mol. The first-order chi connectivity index (χ1) is 8.77. The summed E-state index contributed by atoms with van der Waals surface area (Å²) in [6.07, 6.45) is 6.35. The highest BCUT2D eigenvalue weighted by Gasteiger charge is 2.07. The van der Waals surface area contributed by atoms with Gasteiger partial charge in [-0.2, -0.15) is 0 Å². The van der Waals surface area contributed by atoms with Gasteiger partial charge < -0.3 is 9.88 Å². The molecule has 102 valence electrons. The summed E-state index contributed by atoms with van der Waals surface area (Å²) in [7, 11) is 0. The van der Waals surface area contributed by atoms with Crippen LogP contribution < -0.4 is 5.32 Å². The Morgan fingerprint density at radius 1 is 1.37 bits per heavy atom. The van der Waals surface area contributed by atoms with E-state index >= 15 is 0 Å². The van der Waals surface area contributed by atoms with Crippen molar-refractivity contribution in [3.05, 3.63) is 52.1 Å². The van der Waals surface area contributed by atoms with Crippen LogP contribution in [0.25, 0.3) is 0 Å². The number of benzene rings is 1. The molecule has 19 heavy (non-hydrogen) atoms. The van der Waals surface area contributed by atoms with Gasteiger partial charge in [0.25, 0.3) is 5.91 Å². The average molecular weight is 392 g/mol. The van der Waals surface area contributed by atoms with Crippen LogP contribution in [-0.2, 0) is 6.54 Å². The van der Waals surface area contributed by atoms with Crippen molar-refractivity contribution in [1.29, 1.82) is 0 Å². The standard InChI is InChI=1S/C13H14IN3O.ClH/c14-12-5-2-1-4-11(12)13(18)16-6-3-8-17-9-7-15-10-17;/h1-2,4-5,7,9-10H,3,6,8H2,(H,16,18);1H. The fourth-order valence-corrected chi connectivity index (χ4v) is 2.26. The summed E-state index contributed by atoms with van der Waals surface area (Å²) in [5.41, 5.74) is 0.737. The van der Waals surface area contributed by atoms with Crippen LogP contribution in [0.5, 0.6) is 0 Å². The van der Waals surface area contributed by atoms with E-state index in [1.807, 2.05) is 35.0 Å². The maximum Gasteiger partial charge on any atom is 0.252 e. The van der Waals surface area contributed by atoms with E-state index in [2.05, 4.69) is 32.9 Å². The molecule has 0 aliphatic carbocycles. The molecular weight excluding hydrogens is 377 g/mol. The Bertz CT molecular complexity index is 516. The minimum Gasteiger partial charge on any atom is -0.352 e. The van der Waals surface area contributed by atoms with Gasteiger partial charge in [0.15, 0.2) is 0 Å². The Morgan fingerprint density at radius 2 is 2.16 bits per heavy atom. The largest absolute Gasteiger partial charge is 0.352 e. The van der Waals surface area contributed by atoms with E-state index in [4.69, 9.17) is 0 Å². The molecule has 1 amide bonds. The maximum atomic E-state index is 11.9. The highest BCUT2D eigenvalue weighted by molar-refractivity contribution is 14.1. The van der Waals surface area contributed by atoms with Gasteiger partial charge in [-0.25, -0.2) is 4.98 Å². The van der Waals surface area contributed by atoms with Crippen LogP contribution >= 0.6 is 35.0 Å². The number of aromatic nitrogens is 2. The fourth-order valence-electron chi connectivity index (χ4n) is 1.62. The van der Waals surface area contributed by atoms with E-state index in [0.717, 1.165) is 22.1 Å². The topological polar surface area (TPSA) is 46.9 Å². The normalized spacial score (nSPS) is 9.74. The number of imidazole rings is 1. The molecule has 0 radical (unpaired) electrons. The van der Waals surface area contributed by atoms with Gasteiger partial charge in [-0.3, -0.25) is 4.79 Å². The lowest BCUT2D eigenvalue weighted by Crippen LogP contribution is -2.25. The Hall–Kier alpha value is -1.08. The summed E-state index contributed by atoms with van der Waals surface area (Å²) in [6.45, 7) is 1.54. The summed E-state index contributed by atoms with van der Waals surface area (Å²) in [4.78, 5) is 15.9. The number of halogens is 2. The zero-order valence-corrected chi connectivity index (χ0v) is 13.2. The van der Waals surface area contributed by atoms with E-state index in [1.165, 1.54) is 0 Å². The van der Waals surface area contributed by atoms with Crippen molar-refractivity contribution in [3.63, 3.8) is 0 Å². The number of amides is 1. The van der Waals surface area contributed by atoms with E-state index in [1.54, 1.807) is 12.5 Å². The summed E-state index contributed by atoms with van der Waals surface area (Å²) in [6, 6.07) is 7.58. The second kappa shape index (κ2) is 8.16. The highest BCUT2D eigenvalue weighted by Crippen LogP contribution is 2.10. The molecule has 1 aromatic carbocycles. The van der Waals surface area contributed by atoms with Crippen LogP contribution in [-0.4, -0.2) is 22.0 Å². The molecule has 0 atom stereocenters. The van der Waals surface area contributed by atoms with Crippen LogP contribution in [0.1, 0.15) is 16.8 Å². The number of carbonyl (C=O) groups is 1. The summed E-state index contributed by atoms with van der Waals surface area (Å²) < 4.78 is 2.97. The highest BCUT2D eigenvalue weighted by atomic mass is 127. The quantitative estimate of drug-likeness (QED) is 0.629. The third-order valence-electron chi connectivity index (χ3n) is 2.56. The number of aryl methyl sites for hydroxylation is 1. The van der Waals surface area contributed by atoms with E-state index < -0.39 is 0 Å². The van der Waals surface area contributed by atoms with Gasteiger partial charge in [0, 0.05) is 29.1 Å². The Morgan fingerprint density at radius 3 is 2.84 bits per heavy atom. The number of nitrogens with one attached hydrogen (secondary N) is 1. The molecule has 1 N–H and O–H groups in total. The molecule has 0 aliphatic rings. The molecule has 4 nitrogen and oxygen atoms in total. The molecular formula is C13H15ClIN3O. The first-order valence-electron chi connectivity index (χ1n) is 5.76. The van der Waals surface area contributed by atoms with Gasteiger partial charge in [-0.15, -0.1) is 12.4 Å². The Kier molecular flexibility index (Phi) is 6.86. The molecule has 1 aromatic heterocycles. The van der Waals surface area contributed by atoms with Crippen LogP contribution in [0.2, 0.25) is 0 Å². The van der Waals surface area contributed by atoms with E-state index in [9.17, 15) is 4.79 Å². The van der Waals surface area contributed by atoms with Crippen LogP contribution in [0.4, 0.5) is 0 Å². The summed E-state index contributed by atoms with van der Waals surface area (Å²) >= 11 is 2.17. The SMILES string of the molecule is Cl.O=C(NCCCn1ccnc1)c1ccccc1I. The molecule has 0 saturated carbocycles. The molecule has 0 unspecified atom stereocenters.